The molecule has 0 spiro atoms. The highest BCUT2D eigenvalue weighted by atomic mass is 15.1. The van der Waals surface area contributed by atoms with Crippen LogP contribution >= 0.6 is 0 Å². The molecule has 0 bridgehead atoms. The second-order valence-corrected chi connectivity index (χ2v) is 19.6. The van der Waals surface area contributed by atoms with Crippen LogP contribution < -0.4 is 4.90 Å². The van der Waals surface area contributed by atoms with Crippen molar-refractivity contribution in [3.05, 3.63) is 326 Å². The van der Waals surface area contributed by atoms with Crippen LogP contribution in [-0.2, 0) is 5.41 Å². The molecule has 12 aromatic carbocycles. The van der Waals surface area contributed by atoms with Gasteiger partial charge >= 0.3 is 0 Å². The van der Waals surface area contributed by atoms with Crippen molar-refractivity contribution in [1.29, 1.82) is 0 Å². The Bertz CT molecular complexity index is 4140. The van der Waals surface area contributed by atoms with Gasteiger partial charge in [-0.25, -0.2) is 0 Å². The normalized spacial score (nSPS) is 12.4. The van der Waals surface area contributed by atoms with Gasteiger partial charge in [0.05, 0.1) is 16.4 Å². The smallest absolute Gasteiger partial charge is 0.0713 e. The van der Waals surface area contributed by atoms with Gasteiger partial charge in [0, 0.05) is 33.5 Å². The van der Waals surface area contributed by atoms with Crippen LogP contribution in [0.15, 0.2) is 303 Å². The van der Waals surface area contributed by atoms with Crippen molar-refractivity contribution in [2.75, 3.05) is 4.90 Å². The topological polar surface area (TPSA) is 8.17 Å². The number of aromatic nitrogens is 1. The molecule has 0 saturated heterocycles. The standard InChI is InChI=1S/C73H50N2/c1-5-18-51(19-6-1)52-32-34-53(35-33-52)54-40-43-62(44-41-54)74(61-25-11-4-12-26-61)63-27-17-20-57(48-63)55-36-38-56(39-37-55)58-42-46-67-66-29-14-16-31-71(66)75(72(67)49-58)64-45-47-70-68(50-64)65-28-13-15-30-69(65)73(70,59-21-7-2-8-22-59)60-23-9-3-10-24-60/h1-50H. The number of fused-ring (bicyclic) bond motifs is 6. The maximum atomic E-state index is 2.47. The second kappa shape index (κ2) is 18.4. The molecule has 1 heterocycles. The molecule has 352 valence electrons. The maximum absolute atomic E-state index is 2.47. The molecule has 0 N–H and O–H groups in total. The molecule has 1 aromatic heterocycles. The van der Waals surface area contributed by atoms with Gasteiger partial charge in [0.25, 0.3) is 0 Å². The quantitative estimate of drug-likeness (QED) is 0.133. The molecule has 14 rings (SSSR count). The van der Waals surface area contributed by atoms with E-state index in [0.717, 1.165) is 28.3 Å². The number of hydrogen-bond acceptors (Lipinski definition) is 1. The molecule has 75 heavy (non-hydrogen) atoms. The molecule has 0 radical (unpaired) electrons. The van der Waals surface area contributed by atoms with Crippen LogP contribution in [0.25, 0.3) is 83.1 Å². The van der Waals surface area contributed by atoms with Crippen LogP contribution in [0.3, 0.4) is 0 Å². The zero-order valence-corrected chi connectivity index (χ0v) is 41.3. The first-order valence-electron chi connectivity index (χ1n) is 25.9. The number of rotatable bonds is 10. The summed E-state index contributed by atoms with van der Waals surface area (Å²) in [7, 11) is 0. The van der Waals surface area contributed by atoms with E-state index >= 15 is 0 Å². The molecule has 0 unspecified atom stereocenters. The molecular formula is C73H50N2. The Hall–Kier alpha value is -9.76. The van der Waals surface area contributed by atoms with E-state index in [0.29, 0.717) is 0 Å². The lowest BCUT2D eigenvalue weighted by Gasteiger charge is -2.33. The molecule has 0 fully saturated rings. The fourth-order valence-corrected chi connectivity index (χ4v) is 12.0. The van der Waals surface area contributed by atoms with Crippen molar-refractivity contribution >= 4 is 38.9 Å². The fraction of sp³-hybridized carbons (Fsp3) is 0.0137. The number of anilines is 3. The Labute approximate surface area is 438 Å². The Morgan fingerprint density at radius 2 is 0.693 bits per heavy atom. The Balaban J connectivity index is 0.805. The molecule has 0 atom stereocenters. The van der Waals surface area contributed by atoms with E-state index in [-0.39, 0.29) is 0 Å². The first-order chi connectivity index (χ1) is 37.2. The van der Waals surface area contributed by atoms with E-state index in [2.05, 4.69) is 313 Å². The monoisotopic (exact) mass is 954 g/mol. The van der Waals surface area contributed by atoms with Gasteiger partial charge in [0.2, 0.25) is 0 Å². The van der Waals surface area contributed by atoms with Crippen molar-refractivity contribution in [2.24, 2.45) is 0 Å². The summed E-state index contributed by atoms with van der Waals surface area (Å²) in [5.41, 5.74) is 23.6. The third kappa shape index (κ3) is 7.49. The minimum atomic E-state index is -0.445. The molecule has 13 aromatic rings. The highest BCUT2D eigenvalue weighted by Crippen LogP contribution is 2.56. The summed E-state index contributed by atoms with van der Waals surface area (Å²) in [5.74, 6) is 0. The largest absolute Gasteiger partial charge is 0.310 e. The second-order valence-electron chi connectivity index (χ2n) is 19.6. The molecule has 0 saturated carbocycles. The van der Waals surface area contributed by atoms with E-state index in [4.69, 9.17) is 0 Å². The van der Waals surface area contributed by atoms with E-state index in [1.54, 1.807) is 0 Å². The van der Waals surface area contributed by atoms with Gasteiger partial charge in [-0.3, -0.25) is 0 Å². The molecule has 2 nitrogen and oxygen atoms in total. The van der Waals surface area contributed by atoms with Crippen molar-refractivity contribution in [3.8, 4) is 61.3 Å². The van der Waals surface area contributed by atoms with Gasteiger partial charge in [-0.2, -0.15) is 0 Å². The Morgan fingerprint density at radius 3 is 1.35 bits per heavy atom. The summed E-state index contributed by atoms with van der Waals surface area (Å²) in [5, 5.41) is 2.48. The van der Waals surface area contributed by atoms with E-state index in [1.165, 1.54) is 94.1 Å². The Morgan fingerprint density at radius 1 is 0.253 bits per heavy atom. The number of nitrogens with zero attached hydrogens (tertiary/aromatic N) is 2. The Kier molecular flexibility index (Phi) is 10.8. The lowest BCUT2D eigenvalue weighted by atomic mass is 9.68. The first kappa shape index (κ1) is 44.0. The van der Waals surface area contributed by atoms with Crippen molar-refractivity contribution < 1.29 is 0 Å². The lowest BCUT2D eigenvalue weighted by molar-refractivity contribution is 0.768. The van der Waals surface area contributed by atoms with Crippen LogP contribution in [0.4, 0.5) is 17.1 Å². The number of benzene rings is 12. The van der Waals surface area contributed by atoms with Crippen molar-refractivity contribution in [2.45, 2.75) is 5.41 Å². The summed E-state index contributed by atoms with van der Waals surface area (Å²) in [6.45, 7) is 0. The van der Waals surface area contributed by atoms with Gasteiger partial charge in [-0.05, 0) is 139 Å². The summed E-state index contributed by atoms with van der Waals surface area (Å²) in [6.07, 6.45) is 0. The minimum Gasteiger partial charge on any atom is -0.310 e. The average molecular weight is 955 g/mol. The fourth-order valence-electron chi connectivity index (χ4n) is 12.0. The van der Waals surface area contributed by atoms with Crippen molar-refractivity contribution in [1.82, 2.24) is 4.57 Å². The SMILES string of the molecule is c1ccc(-c2ccc(-c3ccc(N(c4ccccc4)c4cccc(-c5ccc(-c6ccc7c8ccccc8n(-c8ccc9c(c8)-c8ccccc8C9(c8ccccc8)c8ccccc8)c7c6)cc5)c4)cc3)cc2)cc1. The zero-order chi connectivity index (χ0) is 49.7. The van der Waals surface area contributed by atoms with Gasteiger partial charge in [0.1, 0.15) is 0 Å². The van der Waals surface area contributed by atoms with Gasteiger partial charge in [0.15, 0.2) is 0 Å². The molecule has 1 aliphatic carbocycles. The third-order valence-electron chi connectivity index (χ3n) is 15.5. The molecule has 2 heteroatoms. The van der Waals surface area contributed by atoms with Gasteiger partial charge < -0.3 is 9.47 Å². The maximum Gasteiger partial charge on any atom is 0.0713 e. The predicted octanol–water partition coefficient (Wildman–Crippen LogP) is 19.3. The highest BCUT2D eigenvalue weighted by molar-refractivity contribution is 6.10. The molecule has 1 aliphatic rings. The van der Waals surface area contributed by atoms with Crippen LogP contribution in [0, 0.1) is 0 Å². The summed E-state index contributed by atoms with van der Waals surface area (Å²) < 4.78 is 2.47. The van der Waals surface area contributed by atoms with Crippen LogP contribution in [-0.4, -0.2) is 4.57 Å². The number of hydrogen-bond donors (Lipinski definition) is 0. The van der Waals surface area contributed by atoms with E-state index in [9.17, 15) is 0 Å². The van der Waals surface area contributed by atoms with E-state index in [1.807, 2.05) is 0 Å². The minimum absolute atomic E-state index is 0.445. The number of para-hydroxylation sites is 2. The summed E-state index contributed by atoms with van der Waals surface area (Å²) in [6, 6.07) is 111. The summed E-state index contributed by atoms with van der Waals surface area (Å²) in [4.78, 5) is 2.34. The summed E-state index contributed by atoms with van der Waals surface area (Å²) >= 11 is 0. The van der Waals surface area contributed by atoms with E-state index < -0.39 is 5.41 Å². The first-order valence-corrected chi connectivity index (χ1v) is 25.9. The molecule has 0 amide bonds. The third-order valence-corrected chi connectivity index (χ3v) is 15.5. The van der Waals surface area contributed by atoms with Crippen molar-refractivity contribution in [3.63, 3.8) is 0 Å². The molecular weight excluding hydrogens is 905 g/mol. The van der Waals surface area contributed by atoms with Crippen LogP contribution in [0.2, 0.25) is 0 Å². The van der Waals surface area contributed by atoms with Gasteiger partial charge in [-0.1, -0.05) is 243 Å². The highest BCUT2D eigenvalue weighted by Gasteiger charge is 2.46. The van der Waals surface area contributed by atoms with Crippen LogP contribution in [0.1, 0.15) is 22.3 Å². The van der Waals surface area contributed by atoms with Gasteiger partial charge in [-0.15, -0.1) is 0 Å². The predicted molar refractivity (Wildman–Crippen MR) is 315 cm³/mol. The average Bonchev–Trinajstić information content (AvgIpc) is 4.00. The van der Waals surface area contributed by atoms with Crippen LogP contribution in [0.5, 0.6) is 0 Å². The molecule has 0 aliphatic heterocycles. The lowest BCUT2D eigenvalue weighted by Crippen LogP contribution is -2.28. The zero-order valence-electron chi connectivity index (χ0n) is 41.3.